The molecule has 2 aromatic carbocycles. The fourth-order valence-corrected chi connectivity index (χ4v) is 2.25. The van der Waals surface area contributed by atoms with Gasteiger partial charge in [0.15, 0.2) is 11.6 Å². The van der Waals surface area contributed by atoms with Crippen LogP contribution in [0.4, 0.5) is 22.0 Å². The average Bonchev–Trinajstić information content (AvgIpc) is 2.32. The summed E-state index contributed by atoms with van der Waals surface area (Å²) in [7, 11) is 0. The molecular formula is C13H6F5I. The Morgan fingerprint density at radius 1 is 0.895 bits per heavy atom. The summed E-state index contributed by atoms with van der Waals surface area (Å²) in [6.07, 6.45) is -4.52. The van der Waals surface area contributed by atoms with Crippen LogP contribution >= 0.6 is 22.6 Å². The Hall–Kier alpha value is -1.18. The van der Waals surface area contributed by atoms with Gasteiger partial charge in [0, 0.05) is 9.13 Å². The van der Waals surface area contributed by atoms with Crippen molar-refractivity contribution in [3.63, 3.8) is 0 Å². The summed E-state index contributed by atoms with van der Waals surface area (Å²) in [5.74, 6) is -2.24. The normalized spacial score (nSPS) is 11.7. The van der Waals surface area contributed by atoms with Gasteiger partial charge >= 0.3 is 6.18 Å². The summed E-state index contributed by atoms with van der Waals surface area (Å²) in [4.78, 5) is 0. The second-order valence-electron chi connectivity index (χ2n) is 3.79. The molecule has 0 heterocycles. The lowest BCUT2D eigenvalue weighted by atomic mass is 10.0. The molecule has 0 amide bonds. The number of rotatable bonds is 1. The van der Waals surface area contributed by atoms with Crippen molar-refractivity contribution in [3.05, 3.63) is 57.2 Å². The highest BCUT2D eigenvalue weighted by Gasteiger charge is 2.31. The molecule has 0 unspecified atom stereocenters. The lowest BCUT2D eigenvalue weighted by molar-refractivity contribution is -0.137. The second-order valence-corrected chi connectivity index (χ2v) is 4.96. The first kappa shape index (κ1) is 14.2. The van der Waals surface area contributed by atoms with Gasteiger partial charge < -0.3 is 0 Å². The number of hydrogen-bond acceptors (Lipinski definition) is 0. The maximum absolute atomic E-state index is 13.6. The molecule has 0 saturated heterocycles. The van der Waals surface area contributed by atoms with E-state index in [0.717, 1.165) is 18.2 Å². The minimum absolute atomic E-state index is 0.0208. The van der Waals surface area contributed by atoms with Gasteiger partial charge in [-0.05, 0) is 52.4 Å². The summed E-state index contributed by atoms with van der Waals surface area (Å²) in [6.45, 7) is 0. The zero-order chi connectivity index (χ0) is 14.2. The first-order valence-corrected chi connectivity index (χ1v) is 6.19. The molecule has 0 nitrogen and oxygen atoms in total. The zero-order valence-corrected chi connectivity index (χ0v) is 11.4. The Kier molecular flexibility index (Phi) is 3.80. The van der Waals surface area contributed by atoms with E-state index in [2.05, 4.69) is 0 Å². The van der Waals surface area contributed by atoms with Gasteiger partial charge in [-0.25, -0.2) is 8.78 Å². The molecule has 0 spiro atoms. The van der Waals surface area contributed by atoms with Crippen molar-refractivity contribution < 1.29 is 22.0 Å². The third kappa shape index (κ3) is 2.88. The maximum atomic E-state index is 13.6. The van der Waals surface area contributed by atoms with Gasteiger partial charge in [0.2, 0.25) is 0 Å². The Balaban J connectivity index is 2.65. The van der Waals surface area contributed by atoms with Crippen molar-refractivity contribution in [2.75, 3.05) is 0 Å². The Bertz CT molecular complexity index is 619. The van der Waals surface area contributed by atoms with E-state index in [9.17, 15) is 22.0 Å². The van der Waals surface area contributed by atoms with Crippen molar-refractivity contribution in [2.45, 2.75) is 6.18 Å². The molecule has 0 aliphatic rings. The lowest BCUT2D eigenvalue weighted by Gasteiger charge is -2.11. The van der Waals surface area contributed by atoms with Crippen molar-refractivity contribution in [3.8, 4) is 11.1 Å². The Labute approximate surface area is 119 Å². The fourth-order valence-electron chi connectivity index (χ4n) is 1.62. The molecule has 0 bridgehead atoms. The molecule has 0 saturated carbocycles. The van der Waals surface area contributed by atoms with Gasteiger partial charge in [-0.3, -0.25) is 0 Å². The van der Waals surface area contributed by atoms with Crippen molar-refractivity contribution in [1.82, 2.24) is 0 Å². The Morgan fingerprint density at radius 2 is 1.58 bits per heavy atom. The molecule has 0 aliphatic heterocycles. The quantitative estimate of drug-likeness (QED) is 0.465. The SMILES string of the molecule is Fc1cccc(-c2cc(C(F)(F)F)ccc2I)c1F. The van der Waals surface area contributed by atoms with Crippen LogP contribution in [0.5, 0.6) is 0 Å². The maximum Gasteiger partial charge on any atom is 0.416 e. The predicted molar refractivity (Wildman–Crippen MR) is 69.5 cm³/mol. The smallest absolute Gasteiger partial charge is 0.204 e. The Morgan fingerprint density at radius 3 is 2.21 bits per heavy atom. The van der Waals surface area contributed by atoms with E-state index in [1.807, 2.05) is 0 Å². The largest absolute Gasteiger partial charge is 0.416 e. The van der Waals surface area contributed by atoms with Crippen molar-refractivity contribution in [1.29, 1.82) is 0 Å². The highest BCUT2D eigenvalue weighted by Crippen LogP contribution is 2.35. The highest BCUT2D eigenvalue weighted by atomic mass is 127. The van der Waals surface area contributed by atoms with Crippen LogP contribution in [0.2, 0.25) is 0 Å². The topological polar surface area (TPSA) is 0 Å². The van der Waals surface area contributed by atoms with E-state index in [0.29, 0.717) is 3.57 Å². The van der Waals surface area contributed by atoms with Crippen LogP contribution in [0, 0.1) is 15.2 Å². The number of hydrogen-bond donors (Lipinski definition) is 0. The standard InChI is InChI=1S/C13H6F5I/c14-10-3-1-2-8(12(10)15)9-6-7(13(16,17)18)4-5-11(9)19/h1-6H. The number of halogens is 6. The van der Waals surface area contributed by atoms with Gasteiger partial charge in [-0.1, -0.05) is 12.1 Å². The first-order valence-electron chi connectivity index (χ1n) is 5.12. The second kappa shape index (κ2) is 5.07. The van der Waals surface area contributed by atoms with E-state index in [1.54, 1.807) is 22.6 Å². The van der Waals surface area contributed by atoms with E-state index in [-0.39, 0.29) is 11.1 Å². The van der Waals surface area contributed by atoms with Crippen molar-refractivity contribution in [2.24, 2.45) is 0 Å². The first-order chi connectivity index (χ1) is 8.80. The van der Waals surface area contributed by atoms with Gasteiger partial charge in [0.25, 0.3) is 0 Å². The third-order valence-electron chi connectivity index (χ3n) is 2.54. The van der Waals surface area contributed by atoms with Crippen LogP contribution in [0.3, 0.4) is 0 Å². The lowest BCUT2D eigenvalue weighted by Crippen LogP contribution is -2.05. The van der Waals surface area contributed by atoms with E-state index in [1.165, 1.54) is 18.2 Å². The summed E-state index contributed by atoms with van der Waals surface area (Å²) in [6, 6.07) is 6.37. The molecule has 6 heteroatoms. The predicted octanol–water partition coefficient (Wildman–Crippen LogP) is 5.26. The third-order valence-corrected chi connectivity index (χ3v) is 3.48. The monoisotopic (exact) mass is 384 g/mol. The van der Waals surface area contributed by atoms with E-state index >= 15 is 0 Å². The molecule has 0 aromatic heterocycles. The van der Waals surface area contributed by atoms with Gasteiger partial charge in [0.1, 0.15) is 0 Å². The van der Waals surface area contributed by atoms with Crippen LogP contribution in [-0.4, -0.2) is 0 Å². The summed E-state index contributed by atoms with van der Waals surface area (Å²) in [5.41, 5.74) is -1.06. The van der Waals surface area contributed by atoms with Gasteiger partial charge in [-0.15, -0.1) is 0 Å². The van der Waals surface area contributed by atoms with Gasteiger partial charge in [0.05, 0.1) is 5.56 Å². The van der Waals surface area contributed by atoms with E-state index in [4.69, 9.17) is 0 Å². The van der Waals surface area contributed by atoms with Crippen LogP contribution in [0.15, 0.2) is 36.4 Å². The molecule has 19 heavy (non-hydrogen) atoms. The minimum Gasteiger partial charge on any atom is -0.204 e. The molecule has 0 N–H and O–H groups in total. The number of alkyl halides is 3. The zero-order valence-electron chi connectivity index (χ0n) is 9.23. The minimum atomic E-state index is -4.52. The molecule has 0 aliphatic carbocycles. The van der Waals surface area contributed by atoms with Crippen LogP contribution in [0.25, 0.3) is 11.1 Å². The molecule has 2 aromatic rings. The number of benzene rings is 2. The molecule has 0 fully saturated rings. The summed E-state index contributed by atoms with van der Waals surface area (Å²) < 4.78 is 65.1. The van der Waals surface area contributed by atoms with Crippen LogP contribution in [-0.2, 0) is 6.18 Å². The molecule has 0 radical (unpaired) electrons. The highest BCUT2D eigenvalue weighted by molar-refractivity contribution is 14.1. The molecule has 2 rings (SSSR count). The molecule has 100 valence electrons. The van der Waals surface area contributed by atoms with Crippen LogP contribution in [0.1, 0.15) is 5.56 Å². The average molecular weight is 384 g/mol. The summed E-state index contributed by atoms with van der Waals surface area (Å²) >= 11 is 1.78. The van der Waals surface area contributed by atoms with Gasteiger partial charge in [-0.2, -0.15) is 13.2 Å². The van der Waals surface area contributed by atoms with Crippen LogP contribution < -0.4 is 0 Å². The van der Waals surface area contributed by atoms with Crippen molar-refractivity contribution >= 4 is 22.6 Å². The molecular weight excluding hydrogens is 378 g/mol. The summed E-state index contributed by atoms with van der Waals surface area (Å²) in [5, 5.41) is 0. The molecule has 0 atom stereocenters. The fraction of sp³-hybridized carbons (Fsp3) is 0.0769. The van der Waals surface area contributed by atoms with E-state index < -0.39 is 23.4 Å².